The number of nitrogens with one attached hydrogen (secondary N) is 1. The lowest BCUT2D eigenvalue weighted by molar-refractivity contribution is 0.610. The second kappa shape index (κ2) is 8.60. The van der Waals surface area contributed by atoms with Crippen LogP contribution in [0.5, 0.6) is 0 Å². The van der Waals surface area contributed by atoms with Crippen molar-refractivity contribution < 1.29 is 4.39 Å². The summed E-state index contributed by atoms with van der Waals surface area (Å²) >= 11 is 0. The summed E-state index contributed by atoms with van der Waals surface area (Å²) in [6.45, 7) is 3.96. The molecule has 1 N–H and O–H groups in total. The lowest BCUT2D eigenvalue weighted by atomic mass is 10.1. The van der Waals surface area contributed by atoms with E-state index in [-0.39, 0.29) is 5.82 Å². The third kappa shape index (κ3) is 4.33. The number of benzene rings is 1. The van der Waals surface area contributed by atoms with Crippen LogP contribution in [0.2, 0.25) is 0 Å². The Bertz CT molecular complexity index is 898. The van der Waals surface area contributed by atoms with E-state index >= 15 is 0 Å². The standard InChI is InChI=1S/C20H22FN7/c21-17-5-2-1-4-16(17)6-9-22-18-14-19(26-15-25-18)27-10-12-28(13-11-27)20-23-7-3-8-24-20/h1-5,7-8,14-15H,6,9-13H2,(H,22,25,26). The van der Waals surface area contributed by atoms with Gasteiger partial charge in [0.15, 0.2) is 0 Å². The molecule has 8 heteroatoms. The van der Waals surface area contributed by atoms with E-state index in [1.54, 1.807) is 30.9 Å². The molecule has 1 aliphatic heterocycles. The lowest BCUT2D eigenvalue weighted by Gasteiger charge is -2.35. The number of nitrogens with zero attached hydrogens (tertiary/aromatic N) is 6. The Kier molecular flexibility index (Phi) is 5.56. The van der Waals surface area contributed by atoms with Crippen LogP contribution in [0.1, 0.15) is 5.56 Å². The number of rotatable bonds is 6. The zero-order chi connectivity index (χ0) is 19.2. The van der Waals surface area contributed by atoms with Gasteiger partial charge in [-0.3, -0.25) is 0 Å². The first-order chi connectivity index (χ1) is 13.8. The number of piperazine rings is 1. The first-order valence-corrected chi connectivity index (χ1v) is 9.36. The maximum atomic E-state index is 13.7. The Balaban J connectivity index is 1.32. The van der Waals surface area contributed by atoms with Gasteiger partial charge in [-0.2, -0.15) is 0 Å². The molecule has 3 heterocycles. The van der Waals surface area contributed by atoms with Crippen molar-refractivity contribution in [3.63, 3.8) is 0 Å². The topological polar surface area (TPSA) is 70.1 Å². The smallest absolute Gasteiger partial charge is 0.225 e. The summed E-state index contributed by atoms with van der Waals surface area (Å²) < 4.78 is 13.7. The van der Waals surface area contributed by atoms with Crippen LogP contribution in [0.3, 0.4) is 0 Å². The van der Waals surface area contributed by atoms with Crippen LogP contribution < -0.4 is 15.1 Å². The second-order valence-electron chi connectivity index (χ2n) is 6.55. The predicted molar refractivity (Wildman–Crippen MR) is 107 cm³/mol. The molecule has 0 unspecified atom stereocenters. The van der Waals surface area contributed by atoms with E-state index in [9.17, 15) is 4.39 Å². The molecule has 4 rings (SSSR count). The highest BCUT2D eigenvalue weighted by atomic mass is 19.1. The van der Waals surface area contributed by atoms with Crippen LogP contribution >= 0.6 is 0 Å². The van der Waals surface area contributed by atoms with E-state index < -0.39 is 0 Å². The van der Waals surface area contributed by atoms with Gasteiger partial charge in [-0.05, 0) is 24.1 Å². The van der Waals surface area contributed by atoms with E-state index in [0.29, 0.717) is 18.5 Å². The van der Waals surface area contributed by atoms with Crippen LogP contribution in [0, 0.1) is 5.82 Å². The van der Waals surface area contributed by atoms with Crippen molar-refractivity contribution in [3.8, 4) is 0 Å². The highest BCUT2D eigenvalue weighted by Gasteiger charge is 2.20. The van der Waals surface area contributed by atoms with Gasteiger partial charge < -0.3 is 15.1 Å². The van der Waals surface area contributed by atoms with Crippen LogP contribution in [0.15, 0.2) is 55.1 Å². The number of aromatic nitrogens is 4. The van der Waals surface area contributed by atoms with Crippen molar-refractivity contribution in [2.75, 3.05) is 47.8 Å². The molecule has 0 saturated carbocycles. The Morgan fingerprint density at radius 1 is 0.893 bits per heavy atom. The van der Waals surface area contributed by atoms with Crippen LogP contribution in [-0.2, 0) is 6.42 Å². The molecule has 0 spiro atoms. The van der Waals surface area contributed by atoms with E-state index in [0.717, 1.165) is 43.8 Å². The average Bonchev–Trinajstić information content (AvgIpc) is 2.76. The Morgan fingerprint density at radius 3 is 2.43 bits per heavy atom. The summed E-state index contributed by atoms with van der Waals surface area (Å²) in [5, 5.41) is 3.26. The summed E-state index contributed by atoms with van der Waals surface area (Å²) in [4.78, 5) is 21.7. The monoisotopic (exact) mass is 379 g/mol. The van der Waals surface area contributed by atoms with Gasteiger partial charge in [0.05, 0.1) is 0 Å². The number of halogens is 1. The second-order valence-corrected chi connectivity index (χ2v) is 6.55. The summed E-state index contributed by atoms with van der Waals surface area (Å²) in [6, 6.07) is 10.6. The zero-order valence-corrected chi connectivity index (χ0v) is 15.5. The van der Waals surface area contributed by atoms with E-state index in [1.165, 1.54) is 6.07 Å². The molecule has 28 heavy (non-hydrogen) atoms. The SMILES string of the molecule is Fc1ccccc1CCNc1cc(N2CCN(c3ncccn3)CC2)ncn1. The molecule has 2 aromatic heterocycles. The molecule has 0 bridgehead atoms. The third-order valence-corrected chi connectivity index (χ3v) is 4.75. The highest BCUT2D eigenvalue weighted by Crippen LogP contribution is 2.18. The van der Waals surface area contributed by atoms with Crippen LogP contribution in [0.25, 0.3) is 0 Å². The van der Waals surface area contributed by atoms with Gasteiger partial charge >= 0.3 is 0 Å². The molecule has 1 aliphatic rings. The summed E-state index contributed by atoms with van der Waals surface area (Å²) in [7, 11) is 0. The van der Waals surface area contributed by atoms with Crippen molar-refractivity contribution >= 4 is 17.6 Å². The van der Waals surface area contributed by atoms with E-state index in [1.807, 2.05) is 18.2 Å². The summed E-state index contributed by atoms with van der Waals surface area (Å²) in [5.74, 6) is 2.22. The molecule has 7 nitrogen and oxygen atoms in total. The Hall–Kier alpha value is -3.29. The molecule has 0 aliphatic carbocycles. The van der Waals surface area contributed by atoms with Crippen molar-refractivity contribution in [2.45, 2.75) is 6.42 Å². The molecule has 0 radical (unpaired) electrons. The minimum Gasteiger partial charge on any atom is -0.370 e. The van der Waals surface area contributed by atoms with Gasteiger partial charge in [0, 0.05) is 51.2 Å². The maximum Gasteiger partial charge on any atom is 0.225 e. The van der Waals surface area contributed by atoms with Crippen LogP contribution in [-0.4, -0.2) is 52.7 Å². The van der Waals surface area contributed by atoms with Crippen LogP contribution in [0.4, 0.5) is 22.0 Å². The zero-order valence-electron chi connectivity index (χ0n) is 15.5. The number of anilines is 3. The molecule has 0 amide bonds. The first kappa shape index (κ1) is 18.1. The fourth-order valence-electron chi connectivity index (χ4n) is 3.23. The summed E-state index contributed by atoms with van der Waals surface area (Å²) in [5.41, 5.74) is 0.698. The minimum absolute atomic E-state index is 0.173. The largest absolute Gasteiger partial charge is 0.370 e. The molecule has 1 aromatic carbocycles. The van der Waals surface area contributed by atoms with Gasteiger partial charge in [0.2, 0.25) is 5.95 Å². The molecule has 1 saturated heterocycles. The fraction of sp³-hybridized carbons (Fsp3) is 0.300. The van der Waals surface area contributed by atoms with Gasteiger partial charge in [-0.15, -0.1) is 0 Å². The number of hydrogen-bond acceptors (Lipinski definition) is 7. The normalized spacial score (nSPS) is 14.2. The summed E-state index contributed by atoms with van der Waals surface area (Å²) in [6.07, 6.45) is 5.69. The molecular weight excluding hydrogens is 357 g/mol. The Labute approximate surface area is 163 Å². The fourth-order valence-corrected chi connectivity index (χ4v) is 3.23. The van der Waals surface area contributed by atoms with Crippen molar-refractivity contribution in [2.24, 2.45) is 0 Å². The quantitative estimate of drug-likeness (QED) is 0.705. The minimum atomic E-state index is -0.173. The predicted octanol–water partition coefficient (Wildman–Crippen LogP) is 2.39. The molecule has 0 atom stereocenters. The molecule has 1 fully saturated rings. The lowest BCUT2D eigenvalue weighted by Crippen LogP contribution is -2.47. The Morgan fingerprint density at radius 2 is 1.64 bits per heavy atom. The van der Waals surface area contributed by atoms with Gasteiger partial charge in [0.25, 0.3) is 0 Å². The van der Waals surface area contributed by atoms with Crippen molar-refractivity contribution in [1.82, 2.24) is 19.9 Å². The third-order valence-electron chi connectivity index (χ3n) is 4.75. The maximum absolute atomic E-state index is 13.7. The molecule has 144 valence electrons. The number of hydrogen-bond donors (Lipinski definition) is 1. The molecule has 3 aromatic rings. The van der Waals surface area contributed by atoms with Gasteiger partial charge in [-0.25, -0.2) is 24.3 Å². The van der Waals surface area contributed by atoms with E-state index in [2.05, 4.69) is 35.1 Å². The average molecular weight is 379 g/mol. The highest BCUT2D eigenvalue weighted by molar-refractivity contribution is 5.50. The first-order valence-electron chi connectivity index (χ1n) is 9.36. The van der Waals surface area contributed by atoms with E-state index in [4.69, 9.17) is 0 Å². The van der Waals surface area contributed by atoms with Gasteiger partial charge in [-0.1, -0.05) is 18.2 Å². The van der Waals surface area contributed by atoms with Crippen molar-refractivity contribution in [3.05, 3.63) is 66.5 Å². The van der Waals surface area contributed by atoms with Gasteiger partial charge in [0.1, 0.15) is 23.8 Å². The van der Waals surface area contributed by atoms with Crippen molar-refractivity contribution in [1.29, 1.82) is 0 Å². The molecular formula is C20H22FN7.